The summed E-state index contributed by atoms with van der Waals surface area (Å²) in [6.07, 6.45) is 19.8. The van der Waals surface area contributed by atoms with Crippen LogP contribution in [-0.4, -0.2) is 9.52 Å². The van der Waals surface area contributed by atoms with E-state index >= 15 is 0 Å². The van der Waals surface area contributed by atoms with Crippen LogP contribution in [0.3, 0.4) is 0 Å². The second kappa shape index (κ2) is 6.97. The summed E-state index contributed by atoms with van der Waals surface area (Å²) in [5.41, 5.74) is 4.86. The highest BCUT2D eigenvalue weighted by Crippen LogP contribution is 2.49. The highest BCUT2D eigenvalue weighted by Gasteiger charge is 2.36. The Bertz CT molecular complexity index is 569. The smallest absolute Gasteiger partial charge is 0.0619 e. The molecule has 0 heterocycles. The summed E-state index contributed by atoms with van der Waals surface area (Å²) < 4.78 is 0. The third kappa shape index (κ3) is 3.50. The molecule has 0 spiro atoms. The molecule has 23 heavy (non-hydrogen) atoms. The van der Waals surface area contributed by atoms with Crippen molar-refractivity contribution < 1.29 is 0 Å². The van der Waals surface area contributed by atoms with Crippen molar-refractivity contribution in [1.82, 2.24) is 0 Å². The fourth-order valence-electron chi connectivity index (χ4n) is 5.14. The first-order valence-corrected chi connectivity index (χ1v) is 11.2. The minimum atomic E-state index is -0.268. The van der Waals surface area contributed by atoms with E-state index in [9.17, 15) is 0 Å². The summed E-state index contributed by atoms with van der Waals surface area (Å²) in [7, 11) is -0.268. The van der Waals surface area contributed by atoms with Crippen molar-refractivity contribution >= 4 is 9.52 Å². The quantitative estimate of drug-likeness (QED) is 0.551. The minimum Gasteiger partial charge on any atom is -0.0840 e. The van der Waals surface area contributed by atoms with Crippen molar-refractivity contribution in [2.45, 2.75) is 77.7 Å². The molecular formula is C22H34Si. The molecule has 1 saturated carbocycles. The van der Waals surface area contributed by atoms with Crippen molar-refractivity contribution in [3.8, 4) is 0 Å². The van der Waals surface area contributed by atoms with Gasteiger partial charge in [-0.25, -0.2) is 0 Å². The zero-order chi connectivity index (χ0) is 16.4. The molecule has 0 aliphatic heterocycles. The highest BCUT2D eigenvalue weighted by atomic mass is 28.2. The molecule has 0 N–H and O–H groups in total. The first kappa shape index (κ1) is 17.0. The van der Waals surface area contributed by atoms with Gasteiger partial charge in [0.25, 0.3) is 0 Å². The van der Waals surface area contributed by atoms with Gasteiger partial charge in [0.05, 0.1) is 9.52 Å². The lowest BCUT2D eigenvalue weighted by atomic mass is 9.80. The predicted molar refractivity (Wildman–Crippen MR) is 106 cm³/mol. The summed E-state index contributed by atoms with van der Waals surface area (Å²) >= 11 is 0. The van der Waals surface area contributed by atoms with Crippen molar-refractivity contribution in [3.05, 3.63) is 46.2 Å². The van der Waals surface area contributed by atoms with E-state index in [4.69, 9.17) is 0 Å². The van der Waals surface area contributed by atoms with Gasteiger partial charge < -0.3 is 0 Å². The van der Waals surface area contributed by atoms with Crippen molar-refractivity contribution in [1.29, 1.82) is 0 Å². The number of hydrogen-bond donors (Lipinski definition) is 0. The molecule has 0 amide bonds. The molecule has 0 aromatic heterocycles. The Balaban J connectivity index is 1.80. The van der Waals surface area contributed by atoms with Crippen LogP contribution in [0.1, 0.15) is 72.6 Å². The molecule has 0 aromatic carbocycles. The normalized spacial score (nSPS) is 32.8. The van der Waals surface area contributed by atoms with Crippen LogP contribution in [-0.2, 0) is 0 Å². The molecule has 126 valence electrons. The Labute approximate surface area is 145 Å². The molecule has 0 radical (unpaired) electrons. The van der Waals surface area contributed by atoms with E-state index in [1.54, 1.807) is 16.7 Å². The molecule has 0 nitrogen and oxygen atoms in total. The van der Waals surface area contributed by atoms with Crippen LogP contribution in [0.4, 0.5) is 0 Å². The number of allylic oxidation sites excluding steroid dienone is 8. The maximum absolute atomic E-state index is 2.61. The average Bonchev–Trinajstić information content (AvgIpc) is 2.74. The first-order valence-electron chi connectivity index (χ1n) is 9.74. The molecular weight excluding hydrogens is 292 g/mol. The van der Waals surface area contributed by atoms with E-state index in [0.717, 1.165) is 5.92 Å². The van der Waals surface area contributed by atoms with E-state index in [-0.39, 0.29) is 9.52 Å². The molecule has 0 bridgehead atoms. The van der Waals surface area contributed by atoms with Crippen LogP contribution in [0.15, 0.2) is 46.2 Å². The molecule has 3 rings (SSSR count). The third-order valence-electron chi connectivity index (χ3n) is 6.99. The van der Waals surface area contributed by atoms with Gasteiger partial charge in [-0.1, -0.05) is 79.7 Å². The molecule has 0 saturated heterocycles. The van der Waals surface area contributed by atoms with Crippen molar-refractivity contribution in [2.75, 3.05) is 0 Å². The molecule has 0 aromatic rings. The molecule has 3 aliphatic rings. The SMILES string of the molecule is CC1=C(C)C(C)C([SiH2]C2(CC3CCCCC3)C=CC=CC2)=C1C. The van der Waals surface area contributed by atoms with Crippen LogP contribution in [0, 0.1) is 11.8 Å². The third-order valence-corrected chi connectivity index (χ3v) is 10.0. The number of rotatable bonds is 4. The summed E-state index contributed by atoms with van der Waals surface area (Å²) in [5, 5.41) is 2.38. The monoisotopic (exact) mass is 326 g/mol. The van der Waals surface area contributed by atoms with Crippen LogP contribution >= 0.6 is 0 Å². The summed E-state index contributed by atoms with van der Waals surface area (Å²) in [6, 6.07) is 0. The standard InChI is InChI=1S/C22H34Si/c1-16-17(2)19(4)21(18(16)3)23-22(13-9-6-10-14-22)15-20-11-7-5-8-12-20/h6,9-10,13,18,20H,5,7-8,11-12,14-15,23H2,1-4H3. The predicted octanol–water partition coefficient (Wildman–Crippen LogP) is 6.06. The fraction of sp³-hybridized carbons (Fsp3) is 0.636. The van der Waals surface area contributed by atoms with Crippen molar-refractivity contribution in [3.63, 3.8) is 0 Å². The molecule has 2 unspecified atom stereocenters. The van der Waals surface area contributed by atoms with Crippen molar-refractivity contribution in [2.24, 2.45) is 11.8 Å². The van der Waals surface area contributed by atoms with Crippen LogP contribution in [0.5, 0.6) is 0 Å². The topological polar surface area (TPSA) is 0 Å². The molecule has 2 atom stereocenters. The van der Waals surface area contributed by atoms with E-state index in [1.807, 2.05) is 5.20 Å². The van der Waals surface area contributed by atoms with Crippen LogP contribution < -0.4 is 0 Å². The maximum Gasteiger partial charge on any atom is 0.0619 e. The molecule has 1 fully saturated rings. The van der Waals surface area contributed by atoms with Crippen LogP contribution in [0.2, 0.25) is 5.04 Å². The minimum absolute atomic E-state index is 0.268. The van der Waals surface area contributed by atoms with E-state index in [1.165, 1.54) is 44.9 Å². The van der Waals surface area contributed by atoms with Crippen LogP contribution in [0.25, 0.3) is 0 Å². The van der Waals surface area contributed by atoms with E-state index < -0.39 is 0 Å². The Kier molecular flexibility index (Phi) is 5.15. The fourth-order valence-corrected chi connectivity index (χ4v) is 8.16. The second-order valence-electron chi connectivity index (χ2n) is 8.42. The van der Waals surface area contributed by atoms with Gasteiger partial charge in [0.2, 0.25) is 0 Å². The summed E-state index contributed by atoms with van der Waals surface area (Å²) in [5.74, 6) is 1.70. The lowest BCUT2D eigenvalue weighted by molar-refractivity contribution is 0.313. The van der Waals surface area contributed by atoms with Gasteiger partial charge in [0, 0.05) is 0 Å². The lowest BCUT2D eigenvalue weighted by Crippen LogP contribution is -2.27. The van der Waals surface area contributed by atoms with Gasteiger partial charge in [-0.05, 0) is 56.1 Å². The first-order chi connectivity index (χ1) is 11.0. The second-order valence-corrected chi connectivity index (χ2v) is 10.9. The van der Waals surface area contributed by atoms with E-state index in [0.29, 0.717) is 11.0 Å². The highest BCUT2D eigenvalue weighted by molar-refractivity contribution is 6.51. The molecule has 1 heteroatoms. The summed E-state index contributed by atoms with van der Waals surface area (Å²) in [4.78, 5) is 0. The van der Waals surface area contributed by atoms with Gasteiger partial charge >= 0.3 is 0 Å². The van der Waals surface area contributed by atoms with E-state index in [2.05, 4.69) is 52.0 Å². The molecule has 3 aliphatic carbocycles. The van der Waals surface area contributed by atoms with Gasteiger partial charge in [0.15, 0.2) is 0 Å². The largest absolute Gasteiger partial charge is 0.0840 e. The zero-order valence-corrected chi connectivity index (χ0v) is 17.0. The summed E-state index contributed by atoms with van der Waals surface area (Å²) in [6.45, 7) is 9.54. The Hall–Kier alpha value is -0.823. The number of hydrogen-bond acceptors (Lipinski definition) is 0. The van der Waals surface area contributed by atoms with Gasteiger partial charge in [-0.3, -0.25) is 0 Å². The zero-order valence-electron chi connectivity index (χ0n) is 15.6. The Morgan fingerprint density at radius 3 is 2.35 bits per heavy atom. The maximum atomic E-state index is 2.61. The Morgan fingerprint density at radius 1 is 1.04 bits per heavy atom. The average molecular weight is 327 g/mol. The Morgan fingerprint density at radius 2 is 1.78 bits per heavy atom. The van der Waals surface area contributed by atoms with Gasteiger partial charge in [-0.2, -0.15) is 0 Å². The van der Waals surface area contributed by atoms with Gasteiger partial charge in [-0.15, -0.1) is 0 Å². The van der Waals surface area contributed by atoms with Gasteiger partial charge in [0.1, 0.15) is 0 Å². The lowest BCUT2D eigenvalue weighted by Gasteiger charge is -2.37.